The van der Waals surface area contributed by atoms with E-state index in [4.69, 9.17) is 0 Å². The van der Waals surface area contributed by atoms with Crippen LogP contribution in [0.15, 0.2) is 42.5 Å². The molecule has 126 valence electrons. The van der Waals surface area contributed by atoms with E-state index in [1.807, 2.05) is 39.0 Å². The Morgan fingerprint density at radius 2 is 1.58 bits per heavy atom. The monoisotopic (exact) mass is 325 g/mol. The molecule has 0 aliphatic heterocycles. The number of amides is 2. The lowest BCUT2D eigenvalue weighted by Crippen LogP contribution is -2.19. The lowest BCUT2D eigenvalue weighted by atomic mass is 10.1. The Hall–Kier alpha value is -2.82. The molecule has 0 radical (unpaired) electrons. The van der Waals surface area contributed by atoms with E-state index in [0.29, 0.717) is 11.1 Å². The van der Waals surface area contributed by atoms with E-state index in [9.17, 15) is 9.59 Å². The maximum Gasteiger partial charge on any atom is 0.255 e. The van der Waals surface area contributed by atoms with Crippen LogP contribution < -0.4 is 16.0 Å². The van der Waals surface area contributed by atoms with E-state index < -0.39 is 0 Å². The van der Waals surface area contributed by atoms with Gasteiger partial charge in [-0.1, -0.05) is 12.1 Å². The molecule has 24 heavy (non-hydrogen) atoms. The van der Waals surface area contributed by atoms with Crippen LogP contribution in [0, 0.1) is 6.92 Å². The maximum absolute atomic E-state index is 12.6. The van der Waals surface area contributed by atoms with Gasteiger partial charge in [-0.25, -0.2) is 0 Å². The smallest absolute Gasteiger partial charge is 0.255 e. The summed E-state index contributed by atoms with van der Waals surface area (Å²) in [7, 11) is 1.56. The second-order valence-electron chi connectivity index (χ2n) is 5.96. The third-order valence-corrected chi connectivity index (χ3v) is 3.48. The van der Waals surface area contributed by atoms with Crippen LogP contribution in [-0.2, 0) is 0 Å². The maximum atomic E-state index is 12.6. The van der Waals surface area contributed by atoms with Crippen molar-refractivity contribution >= 4 is 23.2 Å². The predicted molar refractivity (Wildman–Crippen MR) is 97.7 cm³/mol. The van der Waals surface area contributed by atoms with Crippen LogP contribution in [0.2, 0.25) is 0 Å². The molecule has 2 aromatic carbocycles. The lowest BCUT2D eigenvalue weighted by molar-refractivity contribution is 0.0963. The molecule has 0 aromatic heterocycles. The van der Waals surface area contributed by atoms with Crippen LogP contribution in [0.5, 0.6) is 0 Å². The van der Waals surface area contributed by atoms with Crippen LogP contribution in [-0.4, -0.2) is 24.9 Å². The van der Waals surface area contributed by atoms with Gasteiger partial charge in [-0.3, -0.25) is 9.59 Å². The first-order chi connectivity index (χ1) is 11.4. The molecule has 0 bridgehead atoms. The van der Waals surface area contributed by atoms with Gasteiger partial charge >= 0.3 is 0 Å². The summed E-state index contributed by atoms with van der Waals surface area (Å²) in [6, 6.07) is 12.8. The number of hydrogen-bond acceptors (Lipinski definition) is 3. The Morgan fingerprint density at radius 1 is 0.917 bits per heavy atom. The fourth-order valence-electron chi connectivity index (χ4n) is 2.34. The van der Waals surface area contributed by atoms with Crippen LogP contribution in [0.4, 0.5) is 11.4 Å². The van der Waals surface area contributed by atoms with E-state index in [1.165, 1.54) is 0 Å². The molecule has 0 unspecified atom stereocenters. The summed E-state index contributed by atoms with van der Waals surface area (Å²) in [5.41, 5.74) is 3.53. The van der Waals surface area contributed by atoms with E-state index in [0.717, 1.165) is 16.9 Å². The van der Waals surface area contributed by atoms with Crippen molar-refractivity contribution in [3.05, 3.63) is 59.2 Å². The first kappa shape index (κ1) is 17.5. The van der Waals surface area contributed by atoms with E-state index in [-0.39, 0.29) is 17.9 Å². The molecule has 2 aromatic rings. The second kappa shape index (κ2) is 7.64. The Morgan fingerprint density at radius 3 is 2.21 bits per heavy atom. The van der Waals surface area contributed by atoms with Crippen molar-refractivity contribution in [3.63, 3.8) is 0 Å². The number of carbonyl (C=O) groups excluding carboxylic acids is 2. The molecule has 0 saturated heterocycles. The normalized spacial score (nSPS) is 10.4. The third kappa shape index (κ3) is 4.35. The molecule has 0 atom stereocenters. The van der Waals surface area contributed by atoms with Crippen molar-refractivity contribution in [2.75, 3.05) is 17.7 Å². The predicted octanol–water partition coefficient (Wildman–Crippen LogP) is 3.43. The van der Waals surface area contributed by atoms with Gasteiger partial charge in [0.15, 0.2) is 0 Å². The molecule has 0 fully saturated rings. The molecular formula is C19H23N3O2. The molecule has 0 aliphatic carbocycles. The molecule has 3 N–H and O–H groups in total. The zero-order chi connectivity index (χ0) is 17.7. The van der Waals surface area contributed by atoms with Crippen molar-refractivity contribution in [3.8, 4) is 0 Å². The summed E-state index contributed by atoms with van der Waals surface area (Å²) in [6.07, 6.45) is 0. The fourth-order valence-corrected chi connectivity index (χ4v) is 2.34. The summed E-state index contributed by atoms with van der Waals surface area (Å²) in [4.78, 5) is 24.3. The zero-order valence-corrected chi connectivity index (χ0v) is 14.4. The van der Waals surface area contributed by atoms with Crippen LogP contribution >= 0.6 is 0 Å². The molecule has 5 heteroatoms. The van der Waals surface area contributed by atoms with E-state index in [1.54, 1.807) is 31.3 Å². The summed E-state index contributed by atoms with van der Waals surface area (Å²) in [5, 5.41) is 8.80. The number of nitrogens with one attached hydrogen (secondary N) is 3. The summed E-state index contributed by atoms with van der Waals surface area (Å²) in [5.74, 6) is -0.472. The Balaban J connectivity index is 2.26. The molecule has 2 amide bonds. The summed E-state index contributed by atoms with van der Waals surface area (Å²) < 4.78 is 0. The fraction of sp³-hybridized carbons (Fsp3) is 0.263. The van der Waals surface area contributed by atoms with Crippen molar-refractivity contribution in [2.45, 2.75) is 26.8 Å². The summed E-state index contributed by atoms with van der Waals surface area (Å²) >= 11 is 0. The number of aryl methyl sites for hydroxylation is 1. The molecule has 5 nitrogen and oxygen atoms in total. The van der Waals surface area contributed by atoms with Gasteiger partial charge in [0, 0.05) is 24.2 Å². The highest BCUT2D eigenvalue weighted by Gasteiger charge is 2.12. The first-order valence-electron chi connectivity index (χ1n) is 7.91. The van der Waals surface area contributed by atoms with Crippen molar-refractivity contribution in [2.24, 2.45) is 0 Å². The van der Waals surface area contributed by atoms with Gasteiger partial charge in [-0.05, 0) is 56.7 Å². The lowest BCUT2D eigenvalue weighted by Gasteiger charge is -2.16. The first-order valence-corrected chi connectivity index (χ1v) is 7.91. The van der Waals surface area contributed by atoms with Gasteiger partial charge in [0.2, 0.25) is 0 Å². The molecule has 0 heterocycles. The Kier molecular flexibility index (Phi) is 5.58. The average Bonchev–Trinajstić information content (AvgIpc) is 2.56. The Bertz CT molecular complexity index is 754. The van der Waals surface area contributed by atoms with Crippen LogP contribution in [0.3, 0.4) is 0 Å². The summed E-state index contributed by atoms with van der Waals surface area (Å²) in [6.45, 7) is 6.05. The van der Waals surface area contributed by atoms with Gasteiger partial charge in [-0.15, -0.1) is 0 Å². The van der Waals surface area contributed by atoms with Gasteiger partial charge in [0.05, 0.1) is 11.4 Å². The van der Waals surface area contributed by atoms with Gasteiger partial charge in [-0.2, -0.15) is 0 Å². The highest BCUT2D eigenvalue weighted by molar-refractivity contribution is 6.07. The highest BCUT2D eigenvalue weighted by Crippen LogP contribution is 2.24. The quantitative estimate of drug-likeness (QED) is 0.789. The standard InChI is InChI=1S/C19H23N3O2/c1-12(2)21-16-9-8-13(3)10-17(16)22-19(24)15-7-5-6-14(11-15)18(23)20-4/h5-12,21H,1-4H3,(H,20,23)(H,22,24). The number of rotatable bonds is 5. The van der Waals surface area contributed by atoms with Gasteiger partial charge < -0.3 is 16.0 Å². The Labute approximate surface area is 142 Å². The molecule has 2 rings (SSSR count). The minimum atomic E-state index is -0.252. The SMILES string of the molecule is CNC(=O)c1cccc(C(=O)Nc2cc(C)ccc2NC(C)C)c1. The van der Waals surface area contributed by atoms with Crippen molar-refractivity contribution in [1.82, 2.24) is 5.32 Å². The van der Waals surface area contributed by atoms with Crippen LogP contribution in [0.1, 0.15) is 40.1 Å². The van der Waals surface area contributed by atoms with Crippen molar-refractivity contribution in [1.29, 1.82) is 0 Å². The third-order valence-electron chi connectivity index (χ3n) is 3.48. The minimum absolute atomic E-state index is 0.220. The molecule has 0 spiro atoms. The largest absolute Gasteiger partial charge is 0.381 e. The van der Waals surface area contributed by atoms with Gasteiger partial charge in [0.25, 0.3) is 11.8 Å². The highest BCUT2D eigenvalue weighted by atomic mass is 16.2. The minimum Gasteiger partial charge on any atom is -0.381 e. The number of anilines is 2. The van der Waals surface area contributed by atoms with Crippen LogP contribution in [0.25, 0.3) is 0 Å². The second-order valence-corrected chi connectivity index (χ2v) is 5.96. The average molecular weight is 325 g/mol. The molecular weight excluding hydrogens is 302 g/mol. The van der Waals surface area contributed by atoms with Gasteiger partial charge in [0.1, 0.15) is 0 Å². The zero-order valence-electron chi connectivity index (χ0n) is 14.4. The topological polar surface area (TPSA) is 70.2 Å². The van der Waals surface area contributed by atoms with E-state index in [2.05, 4.69) is 16.0 Å². The van der Waals surface area contributed by atoms with Crippen molar-refractivity contribution < 1.29 is 9.59 Å². The molecule has 0 saturated carbocycles. The number of carbonyl (C=O) groups is 2. The molecule has 0 aliphatic rings. The van der Waals surface area contributed by atoms with E-state index >= 15 is 0 Å². The number of hydrogen-bond donors (Lipinski definition) is 3. The number of benzene rings is 2.